The smallest absolute Gasteiger partial charge is 0.240 e. The predicted molar refractivity (Wildman–Crippen MR) is 63.8 cm³/mol. The van der Waals surface area contributed by atoms with Crippen molar-refractivity contribution in [3.63, 3.8) is 0 Å². The van der Waals surface area contributed by atoms with Crippen LogP contribution in [-0.2, 0) is 14.3 Å². The van der Waals surface area contributed by atoms with Crippen LogP contribution in [0.2, 0.25) is 0 Å². The van der Waals surface area contributed by atoms with E-state index in [0.29, 0.717) is 5.69 Å². The Balaban J connectivity index is 1.75. The summed E-state index contributed by atoms with van der Waals surface area (Å²) in [6, 6.07) is 5.61. The fourth-order valence-corrected chi connectivity index (χ4v) is 3.58. The van der Waals surface area contributed by atoms with Gasteiger partial charge in [-0.1, -0.05) is 6.07 Å². The van der Waals surface area contributed by atoms with E-state index in [9.17, 15) is 14.0 Å². The molecule has 3 heterocycles. The van der Waals surface area contributed by atoms with Crippen LogP contribution in [0.3, 0.4) is 0 Å². The molecule has 4 nitrogen and oxygen atoms in total. The molecule has 1 aromatic rings. The standard InChI is InChI=1S/C14H12FNO3/c15-7-2-1-3-8(6-7)16-13(17)11-9-4-5-10(19-9)12(11)14(16)18/h1-3,6,9-12H,4-5H2/t9-,10-,11-,12-/m0/s1. The summed E-state index contributed by atoms with van der Waals surface area (Å²) in [6.07, 6.45) is 1.40. The van der Waals surface area contributed by atoms with E-state index in [4.69, 9.17) is 4.74 Å². The van der Waals surface area contributed by atoms with E-state index in [1.54, 1.807) is 6.07 Å². The van der Waals surface area contributed by atoms with Crippen molar-refractivity contribution in [1.82, 2.24) is 0 Å². The number of imide groups is 1. The number of hydrogen-bond acceptors (Lipinski definition) is 3. The first-order chi connectivity index (χ1) is 9.16. The summed E-state index contributed by atoms with van der Waals surface area (Å²) in [5.41, 5.74) is 0.323. The van der Waals surface area contributed by atoms with E-state index in [0.717, 1.165) is 17.7 Å². The molecule has 2 amide bonds. The van der Waals surface area contributed by atoms with Gasteiger partial charge in [-0.2, -0.15) is 0 Å². The highest BCUT2D eigenvalue weighted by atomic mass is 19.1. The van der Waals surface area contributed by atoms with Crippen LogP contribution in [0.5, 0.6) is 0 Å². The third-order valence-electron chi connectivity index (χ3n) is 4.35. The molecule has 3 aliphatic heterocycles. The molecule has 0 aromatic heterocycles. The summed E-state index contributed by atoms with van der Waals surface area (Å²) in [5, 5.41) is 0. The number of rotatable bonds is 1. The molecule has 0 aliphatic carbocycles. The van der Waals surface area contributed by atoms with E-state index >= 15 is 0 Å². The number of fused-ring (bicyclic) bond motifs is 5. The molecule has 0 saturated carbocycles. The zero-order chi connectivity index (χ0) is 13.1. The molecule has 19 heavy (non-hydrogen) atoms. The van der Waals surface area contributed by atoms with Crippen molar-refractivity contribution in [3.05, 3.63) is 30.1 Å². The minimum atomic E-state index is -0.450. The summed E-state index contributed by atoms with van der Waals surface area (Å²) >= 11 is 0. The minimum Gasteiger partial charge on any atom is -0.373 e. The fourth-order valence-electron chi connectivity index (χ4n) is 3.58. The Morgan fingerprint density at radius 3 is 2.32 bits per heavy atom. The number of carbonyl (C=O) groups excluding carboxylic acids is 2. The lowest BCUT2D eigenvalue weighted by molar-refractivity contribution is -0.124. The van der Waals surface area contributed by atoms with Crippen molar-refractivity contribution in [2.75, 3.05) is 4.90 Å². The summed E-state index contributed by atoms with van der Waals surface area (Å²) < 4.78 is 18.9. The number of carbonyl (C=O) groups is 2. The largest absolute Gasteiger partial charge is 0.373 e. The second-order valence-corrected chi connectivity index (χ2v) is 5.33. The van der Waals surface area contributed by atoms with Gasteiger partial charge in [0, 0.05) is 0 Å². The highest BCUT2D eigenvalue weighted by Gasteiger charge is 2.62. The molecule has 98 valence electrons. The molecule has 0 radical (unpaired) electrons. The maximum atomic E-state index is 13.3. The zero-order valence-corrected chi connectivity index (χ0v) is 10.1. The van der Waals surface area contributed by atoms with Crippen LogP contribution in [0.25, 0.3) is 0 Å². The molecule has 2 bridgehead atoms. The molecule has 5 heteroatoms. The molecular formula is C14H12FNO3. The van der Waals surface area contributed by atoms with E-state index < -0.39 is 5.82 Å². The van der Waals surface area contributed by atoms with Gasteiger partial charge in [0.15, 0.2) is 0 Å². The maximum absolute atomic E-state index is 13.3. The molecule has 0 spiro atoms. The van der Waals surface area contributed by atoms with Crippen molar-refractivity contribution < 1.29 is 18.7 Å². The molecule has 3 aliphatic rings. The minimum absolute atomic E-state index is 0.134. The van der Waals surface area contributed by atoms with E-state index in [1.807, 2.05) is 0 Å². The zero-order valence-electron chi connectivity index (χ0n) is 10.1. The molecular weight excluding hydrogens is 249 g/mol. The first-order valence-electron chi connectivity index (χ1n) is 6.45. The van der Waals surface area contributed by atoms with Gasteiger partial charge in [-0.15, -0.1) is 0 Å². The van der Waals surface area contributed by atoms with Crippen LogP contribution >= 0.6 is 0 Å². The summed E-state index contributed by atoms with van der Waals surface area (Å²) in [6.45, 7) is 0. The first-order valence-corrected chi connectivity index (χ1v) is 6.45. The Labute approximate surface area is 109 Å². The molecule has 4 atom stereocenters. The Morgan fingerprint density at radius 1 is 1.11 bits per heavy atom. The van der Waals surface area contributed by atoms with Crippen molar-refractivity contribution in [1.29, 1.82) is 0 Å². The SMILES string of the molecule is O=C1[C@@H]2[C@@H](C(=O)N1c1cccc(F)c1)[C@@H]1CC[C@@H]2O1. The highest BCUT2D eigenvalue weighted by molar-refractivity contribution is 6.22. The molecule has 1 aromatic carbocycles. The Kier molecular flexibility index (Phi) is 2.12. The van der Waals surface area contributed by atoms with Crippen molar-refractivity contribution in [3.8, 4) is 0 Å². The normalized spacial score (nSPS) is 36.2. The summed E-state index contributed by atoms with van der Waals surface area (Å²) in [5.74, 6) is -1.67. The molecule has 0 N–H and O–H groups in total. The van der Waals surface area contributed by atoms with E-state index in [-0.39, 0.29) is 35.9 Å². The predicted octanol–water partition coefficient (Wildman–Crippen LogP) is 1.49. The topological polar surface area (TPSA) is 46.6 Å². The van der Waals surface area contributed by atoms with Crippen LogP contribution in [0.1, 0.15) is 12.8 Å². The number of nitrogens with zero attached hydrogens (tertiary/aromatic N) is 1. The second kappa shape index (κ2) is 3.63. The quantitative estimate of drug-likeness (QED) is 0.720. The number of benzene rings is 1. The van der Waals surface area contributed by atoms with Crippen molar-refractivity contribution >= 4 is 17.5 Å². The van der Waals surface area contributed by atoms with Gasteiger partial charge in [0.25, 0.3) is 0 Å². The van der Waals surface area contributed by atoms with Gasteiger partial charge in [0.1, 0.15) is 5.82 Å². The van der Waals surface area contributed by atoms with Gasteiger partial charge in [0.2, 0.25) is 11.8 Å². The Hall–Kier alpha value is -1.75. The van der Waals surface area contributed by atoms with Crippen molar-refractivity contribution in [2.45, 2.75) is 25.0 Å². The van der Waals surface area contributed by atoms with E-state index in [1.165, 1.54) is 18.2 Å². The van der Waals surface area contributed by atoms with Crippen LogP contribution in [0.4, 0.5) is 10.1 Å². The number of anilines is 1. The van der Waals surface area contributed by atoms with Gasteiger partial charge < -0.3 is 4.74 Å². The van der Waals surface area contributed by atoms with Gasteiger partial charge in [-0.25, -0.2) is 9.29 Å². The Morgan fingerprint density at radius 2 is 1.74 bits per heavy atom. The van der Waals surface area contributed by atoms with Crippen LogP contribution in [0, 0.1) is 17.7 Å². The average molecular weight is 261 g/mol. The lowest BCUT2D eigenvalue weighted by atomic mass is 9.81. The van der Waals surface area contributed by atoms with Crippen molar-refractivity contribution in [2.24, 2.45) is 11.8 Å². The van der Waals surface area contributed by atoms with Crippen LogP contribution in [0.15, 0.2) is 24.3 Å². The monoisotopic (exact) mass is 261 g/mol. The third-order valence-corrected chi connectivity index (χ3v) is 4.35. The van der Waals surface area contributed by atoms with Gasteiger partial charge in [0.05, 0.1) is 29.7 Å². The lowest BCUT2D eigenvalue weighted by Crippen LogP contribution is -2.34. The van der Waals surface area contributed by atoms with Crippen LogP contribution in [-0.4, -0.2) is 24.0 Å². The Bertz CT molecular complexity index is 560. The van der Waals surface area contributed by atoms with Gasteiger partial charge >= 0.3 is 0 Å². The van der Waals surface area contributed by atoms with E-state index in [2.05, 4.69) is 0 Å². The second-order valence-electron chi connectivity index (χ2n) is 5.33. The van der Waals surface area contributed by atoms with Gasteiger partial charge in [-0.3, -0.25) is 9.59 Å². The first kappa shape index (κ1) is 11.1. The molecule has 0 unspecified atom stereocenters. The summed E-state index contributed by atoms with van der Waals surface area (Å²) in [4.78, 5) is 25.9. The van der Waals surface area contributed by atoms with Gasteiger partial charge in [-0.05, 0) is 31.0 Å². The number of hydrogen-bond donors (Lipinski definition) is 0. The molecule has 3 saturated heterocycles. The number of amides is 2. The molecule has 4 rings (SSSR count). The third kappa shape index (κ3) is 1.36. The fraction of sp³-hybridized carbons (Fsp3) is 0.429. The number of ether oxygens (including phenoxy) is 1. The molecule has 3 fully saturated rings. The maximum Gasteiger partial charge on any atom is 0.240 e. The average Bonchev–Trinajstić information content (AvgIpc) is 3.04. The highest BCUT2D eigenvalue weighted by Crippen LogP contribution is 2.49. The number of halogens is 1. The summed E-state index contributed by atoms with van der Waals surface area (Å²) in [7, 11) is 0. The van der Waals surface area contributed by atoms with Crippen LogP contribution < -0.4 is 4.90 Å². The lowest BCUT2D eigenvalue weighted by Gasteiger charge is -2.17.